The molecule has 214 valence electrons. The summed E-state index contributed by atoms with van der Waals surface area (Å²) in [7, 11) is 1.44. The number of halogens is 4. The van der Waals surface area contributed by atoms with Crippen LogP contribution in [-0.2, 0) is 9.53 Å². The highest BCUT2D eigenvalue weighted by Crippen LogP contribution is 2.47. The summed E-state index contributed by atoms with van der Waals surface area (Å²) in [6.45, 7) is 1.25. The van der Waals surface area contributed by atoms with Gasteiger partial charge in [-0.2, -0.15) is 13.9 Å². The van der Waals surface area contributed by atoms with Crippen LogP contribution in [0.4, 0.5) is 24.7 Å². The minimum absolute atomic E-state index is 0.0575. The zero-order chi connectivity index (χ0) is 29.0. The van der Waals surface area contributed by atoms with Crippen molar-refractivity contribution in [3.05, 3.63) is 64.7 Å². The number of carbonyl (C=O) groups excluding carboxylic acids is 1. The fourth-order valence-corrected chi connectivity index (χ4v) is 5.38. The van der Waals surface area contributed by atoms with Crippen LogP contribution in [0.1, 0.15) is 36.3 Å². The van der Waals surface area contributed by atoms with E-state index in [-0.39, 0.29) is 40.7 Å². The van der Waals surface area contributed by atoms with Crippen molar-refractivity contribution in [2.45, 2.75) is 32.9 Å². The first-order valence-corrected chi connectivity index (χ1v) is 13.2. The zero-order valence-corrected chi connectivity index (χ0v) is 23.0. The predicted molar refractivity (Wildman–Crippen MR) is 145 cm³/mol. The molecule has 3 aromatic rings. The summed E-state index contributed by atoms with van der Waals surface area (Å²) in [5.41, 5.74) is 1.62. The van der Waals surface area contributed by atoms with Crippen molar-refractivity contribution in [3.8, 4) is 5.75 Å². The Morgan fingerprint density at radius 3 is 2.68 bits per heavy atom. The van der Waals surface area contributed by atoms with Gasteiger partial charge in [-0.15, -0.1) is 0 Å². The van der Waals surface area contributed by atoms with Crippen molar-refractivity contribution in [1.82, 2.24) is 19.7 Å². The molecular weight excluding hydrogens is 563 g/mol. The van der Waals surface area contributed by atoms with E-state index in [0.717, 1.165) is 12.5 Å². The van der Waals surface area contributed by atoms with Gasteiger partial charge in [0.1, 0.15) is 5.75 Å². The van der Waals surface area contributed by atoms with Crippen LogP contribution in [0, 0.1) is 24.6 Å². The van der Waals surface area contributed by atoms with E-state index in [1.54, 1.807) is 33.1 Å². The monoisotopic (exact) mass is 587 g/mol. The fourth-order valence-electron chi connectivity index (χ4n) is 5.22. The molecule has 14 heteroatoms. The molecule has 0 unspecified atom stereocenters. The van der Waals surface area contributed by atoms with Gasteiger partial charge in [0.25, 0.3) is 0 Å². The van der Waals surface area contributed by atoms with E-state index in [2.05, 4.69) is 19.8 Å². The number of anilines is 2. The molecule has 1 amide bonds. The van der Waals surface area contributed by atoms with E-state index < -0.39 is 18.2 Å². The van der Waals surface area contributed by atoms with Crippen LogP contribution < -0.4 is 14.5 Å². The topological polar surface area (TPSA) is 98.0 Å². The minimum atomic E-state index is -3.18. The maximum atomic E-state index is 15.3. The van der Waals surface area contributed by atoms with Gasteiger partial charge >= 0.3 is 6.61 Å². The highest BCUT2D eigenvalue weighted by molar-refractivity contribution is 6.31. The number of hydrogen-bond acceptors (Lipinski definition) is 8. The van der Waals surface area contributed by atoms with E-state index >= 15 is 4.39 Å². The molecule has 0 N–H and O–H groups in total. The lowest BCUT2D eigenvalue weighted by molar-refractivity contribution is -0.118. The van der Waals surface area contributed by atoms with Crippen molar-refractivity contribution in [2.75, 3.05) is 30.0 Å². The Labute approximate surface area is 238 Å². The number of rotatable bonds is 7. The second-order valence-corrected chi connectivity index (χ2v) is 10.5. The number of alkyl halides is 2. The Morgan fingerprint density at radius 1 is 1.20 bits per heavy atom. The second kappa shape index (κ2) is 10.4. The van der Waals surface area contributed by atoms with Crippen molar-refractivity contribution < 1.29 is 27.4 Å². The number of carbonyl (C=O) groups is 1. The first kappa shape index (κ1) is 27.1. The predicted octanol–water partition coefficient (Wildman–Crippen LogP) is 4.83. The third kappa shape index (κ3) is 4.88. The SMILES string of the molecule is COC1=NC=C(c2c(OC(F)F)ccc(Cl)c2F)N(c2cnn([C@H](C)c3cnc(N4C[C@H]5C[C@H]5C4=O)c(C)n3)c2)C1. The number of ether oxygens (including phenoxy) is 2. The molecule has 2 fully saturated rings. The largest absolute Gasteiger partial charge is 0.483 e. The smallest absolute Gasteiger partial charge is 0.387 e. The Bertz CT molecular complexity index is 1590. The van der Waals surface area contributed by atoms with E-state index in [9.17, 15) is 13.6 Å². The molecule has 1 aromatic carbocycles. The van der Waals surface area contributed by atoms with Crippen LogP contribution in [0.5, 0.6) is 5.75 Å². The molecule has 1 aliphatic carbocycles. The molecule has 10 nitrogen and oxygen atoms in total. The summed E-state index contributed by atoms with van der Waals surface area (Å²) >= 11 is 6.01. The van der Waals surface area contributed by atoms with Gasteiger partial charge in [-0.1, -0.05) is 11.6 Å². The number of aliphatic imine (C=N–C) groups is 1. The lowest BCUT2D eigenvalue weighted by Gasteiger charge is -2.29. The number of fused-ring (bicyclic) bond motifs is 1. The molecule has 1 saturated heterocycles. The van der Waals surface area contributed by atoms with Gasteiger partial charge in [0.05, 0.1) is 71.6 Å². The van der Waals surface area contributed by atoms with Gasteiger partial charge in [0, 0.05) is 18.7 Å². The van der Waals surface area contributed by atoms with E-state index in [0.29, 0.717) is 41.3 Å². The van der Waals surface area contributed by atoms with Gasteiger partial charge in [-0.3, -0.25) is 19.4 Å². The summed E-state index contributed by atoms with van der Waals surface area (Å²) in [5.74, 6) is 0.187. The lowest BCUT2D eigenvalue weighted by Crippen LogP contribution is -2.32. The molecule has 2 aromatic heterocycles. The van der Waals surface area contributed by atoms with Crippen LogP contribution in [0.3, 0.4) is 0 Å². The van der Waals surface area contributed by atoms with Crippen molar-refractivity contribution in [3.63, 3.8) is 0 Å². The van der Waals surface area contributed by atoms with Crippen molar-refractivity contribution in [2.24, 2.45) is 16.8 Å². The number of methoxy groups -OCH3 is 1. The summed E-state index contributed by atoms with van der Waals surface area (Å²) in [4.78, 5) is 29.3. The summed E-state index contributed by atoms with van der Waals surface area (Å²) < 4.78 is 53.2. The third-order valence-corrected chi connectivity index (χ3v) is 7.81. The van der Waals surface area contributed by atoms with Gasteiger partial charge in [-0.25, -0.2) is 14.4 Å². The molecule has 6 rings (SSSR count). The Kier molecular flexibility index (Phi) is 6.84. The standard InChI is InChI=1S/C27H25ClF3N7O3/c1-13-25(37-10-15-6-17(15)26(37)39)33-8-19(35-13)14(2)38-11-16(7-34-38)36-12-22(40-3)32-9-20(36)23-21(41-27(30)31)5-4-18(28)24(23)29/h4-5,7-9,11,14-15,17,27H,6,10,12H2,1-3H3/t14-,15-,17-/m1/s1. The van der Waals surface area contributed by atoms with Crippen LogP contribution in [0.2, 0.25) is 5.02 Å². The number of aryl methyl sites for hydroxylation is 1. The molecule has 41 heavy (non-hydrogen) atoms. The highest BCUT2D eigenvalue weighted by Gasteiger charge is 2.53. The number of amides is 1. The van der Waals surface area contributed by atoms with Crippen molar-refractivity contribution in [1.29, 1.82) is 0 Å². The Balaban J connectivity index is 1.30. The molecule has 0 radical (unpaired) electrons. The van der Waals surface area contributed by atoms with E-state index in [1.165, 1.54) is 19.4 Å². The van der Waals surface area contributed by atoms with Crippen LogP contribution in [0.25, 0.3) is 5.70 Å². The quantitative estimate of drug-likeness (QED) is 0.390. The number of piperidine rings is 1. The first-order valence-electron chi connectivity index (χ1n) is 12.9. The molecule has 0 bridgehead atoms. The maximum absolute atomic E-state index is 15.3. The Hall–Kier alpha value is -4.13. The second-order valence-electron chi connectivity index (χ2n) is 10.0. The number of aromatic nitrogens is 4. The van der Waals surface area contributed by atoms with Gasteiger partial charge in [0.2, 0.25) is 11.8 Å². The molecule has 0 spiro atoms. The molecule has 4 heterocycles. The van der Waals surface area contributed by atoms with E-state index in [4.69, 9.17) is 21.3 Å². The summed E-state index contributed by atoms with van der Waals surface area (Å²) in [6.07, 6.45) is 7.13. The number of benzene rings is 1. The molecule has 3 atom stereocenters. The number of nitrogens with zero attached hydrogens (tertiary/aromatic N) is 7. The van der Waals surface area contributed by atoms with Gasteiger partial charge < -0.3 is 14.4 Å². The van der Waals surface area contributed by atoms with E-state index in [1.807, 2.05) is 13.8 Å². The minimum Gasteiger partial charge on any atom is -0.483 e. The average Bonchev–Trinajstić information content (AvgIpc) is 3.42. The van der Waals surface area contributed by atoms with Crippen LogP contribution in [-0.4, -0.2) is 58.4 Å². The lowest BCUT2D eigenvalue weighted by atomic mass is 10.1. The third-order valence-electron chi connectivity index (χ3n) is 7.52. The van der Waals surface area contributed by atoms with Gasteiger partial charge in [-0.05, 0) is 38.3 Å². The zero-order valence-electron chi connectivity index (χ0n) is 22.3. The van der Waals surface area contributed by atoms with Gasteiger partial charge in [0.15, 0.2) is 11.6 Å². The number of hydrogen-bond donors (Lipinski definition) is 0. The Morgan fingerprint density at radius 2 is 2.00 bits per heavy atom. The normalized spacial score (nSPS) is 20.6. The highest BCUT2D eigenvalue weighted by atomic mass is 35.5. The van der Waals surface area contributed by atoms with Crippen LogP contribution >= 0.6 is 11.6 Å². The average molecular weight is 588 g/mol. The molecule has 2 aliphatic heterocycles. The summed E-state index contributed by atoms with van der Waals surface area (Å²) in [5, 5.41) is 4.21. The molecular formula is C27H25ClF3N7O3. The summed E-state index contributed by atoms with van der Waals surface area (Å²) in [6, 6.07) is 1.96. The van der Waals surface area contributed by atoms with Crippen LogP contribution in [0.15, 0.2) is 41.9 Å². The maximum Gasteiger partial charge on any atom is 0.387 e. The molecule has 1 saturated carbocycles. The first-order chi connectivity index (χ1) is 19.7. The fraction of sp³-hybridized carbons (Fsp3) is 0.370. The van der Waals surface area contributed by atoms with Crippen molar-refractivity contribution >= 4 is 40.6 Å². The molecule has 3 aliphatic rings.